The molecule has 1 saturated heterocycles. The molecule has 0 atom stereocenters. The predicted molar refractivity (Wildman–Crippen MR) is 99.9 cm³/mol. The van der Waals surface area contributed by atoms with Crippen molar-refractivity contribution in [1.82, 2.24) is 14.4 Å². The van der Waals surface area contributed by atoms with Crippen molar-refractivity contribution in [2.45, 2.75) is 19.9 Å². The number of rotatable bonds is 4. The van der Waals surface area contributed by atoms with E-state index in [0.717, 1.165) is 31.9 Å². The summed E-state index contributed by atoms with van der Waals surface area (Å²) in [5.41, 5.74) is 1.31. The molecule has 5 nitrogen and oxygen atoms in total. The molecule has 0 bridgehead atoms. The Bertz CT molecular complexity index is 735. The molecule has 0 unspecified atom stereocenters. The second kappa shape index (κ2) is 7.50. The Hall–Kier alpha value is -1.98. The van der Waals surface area contributed by atoms with Crippen molar-refractivity contribution in [3.05, 3.63) is 47.2 Å². The summed E-state index contributed by atoms with van der Waals surface area (Å²) >= 11 is 6.44. The molecule has 3 rings (SSSR count). The van der Waals surface area contributed by atoms with E-state index >= 15 is 0 Å². The van der Waals surface area contributed by atoms with Gasteiger partial charge in [0.2, 0.25) is 0 Å². The monoisotopic (exact) mass is 361 g/mol. The van der Waals surface area contributed by atoms with Crippen molar-refractivity contribution in [3.63, 3.8) is 0 Å². The molecule has 1 aromatic carbocycles. The highest BCUT2D eigenvalue weighted by Crippen LogP contribution is 2.31. The summed E-state index contributed by atoms with van der Waals surface area (Å²) in [7, 11) is 1.58. The number of hydrogen-bond donors (Lipinski definition) is 0. The third kappa shape index (κ3) is 3.67. The maximum absolute atomic E-state index is 13.0. The van der Waals surface area contributed by atoms with Crippen LogP contribution in [0.25, 0.3) is 5.69 Å². The summed E-state index contributed by atoms with van der Waals surface area (Å²) in [6.07, 6.45) is 3.82. The first-order chi connectivity index (χ1) is 12.0. The van der Waals surface area contributed by atoms with Gasteiger partial charge in [0, 0.05) is 50.7 Å². The van der Waals surface area contributed by atoms with Gasteiger partial charge in [-0.3, -0.25) is 9.69 Å². The SMILES string of the molecule is COc1cc(-n2cccc2)c(Cl)cc1C(=O)N1CCN(C(C)C)CC1. The van der Waals surface area contributed by atoms with Crippen molar-refractivity contribution < 1.29 is 9.53 Å². The summed E-state index contributed by atoms with van der Waals surface area (Å²) < 4.78 is 7.38. The Morgan fingerprint density at radius 1 is 1.12 bits per heavy atom. The van der Waals surface area contributed by atoms with Crippen LogP contribution in [0.2, 0.25) is 5.02 Å². The van der Waals surface area contributed by atoms with Gasteiger partial charge in [-0.2, -0.15) is 0 Å². The van der Waals surface area contributed by atoms with E-state index in [-0.39, 0.29) is 5.91 Å². The number of halogens is 1. The summed E-state index contributed by atoms with van der Waals surface area (Å²) in [6, 6.07) is 7.89. The first-order valence-electron chi connectivity index (χ1n) is 8.55. The van der Waals surface area contributed by atoms with Crippen LogP contribution < -0.4 is 4.74 Å². The van der Waals surface area contributed by atoms with Gasteiger partial charge in [-0.25, -0.2) is 0 Å². The summed E-state index contributed by atoms with van der Waals surface area (Å²) in [6.45, 7) is 7.58. The van der Waals surface area contributed by atoms with Gasteiger partial charge in [-0.1, -0.05) is 11.6 Å². The van der Waals surface area contributed by atoms with E-state index in [0.29, 0.717) is 22.4 Å². The Balaban J connectivity index is 1.84. The Morgan fingerprint density at radius 2 is 1.76 bits per heavy atom. The van der Waals surface area contributed by atoms with Gasteiger partial charge in [0.05, 0.1) is 23.4 Å². The third-order valence-electron chi connectivity index (χ3n) is 4.71. The highest BCUT2D eigenvalue weighted by molar-refractivity contribution is 6.33. The number of nitrogens with zero attached hydrogens (tertiary/aromatic N) is 3. The number of carbonyl (C=O) groups excluding carboxylic acids is 1. The smallest absolute Gasteiger partial charge is 0.257 e. The Kier molecular flexibility index (Phi) is 5.35. The van der Waals surface area contributed by atoms with Crippen molar-refractivity contribution >= 4 is 17.5 Å². The fraction of sp³-hybridized carbons (Fsp3) is 0.421. The number of aromatic nitrogens is 1. The molecular formula is C19H24ClN3O2. The summed E-state index contributed by atoms with van der Waals surface area (Å²) in [5, 5.41) is 0.529. The molecule has 134 valence electrons. The van der Waals surface area contributed by atoms with Crippen LogP contribution in [0.1, 0.15) is 24.2 Å². The lowest BCUT2D eigenvalue weighted by Gasteiger charge is -2.37. The molecule has 6 heteroatoms. The third-order valence-corrected chi connectivity index (χ3v) is 5.02. The standard InChI is InChI=1S/C19H24ClN3O2/c1-14(2)21-8-10-23(11-9-21)19(24)15-12-16(20)17(13-18(15)25-3)22-6-4-5-7-22/h4-7,12-14H,8-11H2,1-3H3. The molecule has 0 N–H and O–H groups in total. The van der Waals surface area contributed by atoms with Crippen LogP contribution in [0.15, 0.2) is 36.7 Å². The van der Waals surface area contributed by atoms with E-state index in [1.54, 1.807) is 13.2 Å². The highest BCUT2D eigenvalue weighted by atomic mass is 35.5. The maximum Gasteiger partial charge on any atom is 0.257 e. The van der Waals surface area contributed by atoms with Crippen LogP contribution >= 0.6 is 11.6 Å². The number of hydrogen-bond acceptors (Lipinski definition) is 3. The lowest BCUT2D eigenvalue weighted by atomic mass is 10.1. The minimum Gasteiger partial charge on any atom is -0.496 e. The normalized spacial score (nSPS) is 15.6. The molecule has 0 spiro atoms. The first kappa shape index (κ1) is 17.8. The molecule has 25 heavy (non-hydrogen) atoms. The molecule has 1 aromatic heterocycles. The molecular weight excluding hydrogens is 338 g/mol. The van der Waals surface area contributed by atoms with Crippen molar-refractivity contribution in [1.29, 1.82) is 0 Å². The minimum absolute atomic E-state index is 0.0267. The van der Waals surface area contributed by atoms with E-state index in [9.17, 15) is 4.79 Å². The first-order valence-corrected chi connectivity index (χ1v) is 8.93. The van der Waals surface area contributed by atoms with Crippen LogP contribution in [0, 0.1) is 0 Å². The number of piperazine rings is 1. The molecule has 0 aliphatic carbocycles. The molecule has 1 aliphatic heterocycles. The quantitative estimate of drug-likeness (QED) is 0.838. The zero-order chi connectivity index (χ0) is 18.0. The van der Waals surface area contributed by atoms with Crippen LogP contribution in [0.4, 0.5) is 0 Å². The molecule has 1 fully saturated rings. The van der Waals surface area contributed by atoms with Gasteiger partial charge in [-0.05, 0) is 32.0 Å². The largest absolute Gasteiger partial charge is 0.496 e. The number of amides is 1. The predicted octanol–water partition coefficient (Wildman–Crippen LogP) is 3.31. The number of ether oxygens (including phenoxy) is 1. The van der Waals surface area contributed by atoms with E-state index in [4.69, 9.17) is 16.3 Å². The lowest BCUT2D eigenvalue weighted by Crippen LogP contribution is -2.50. The average Bonchev–Trinajstić information content (AvgIpc) is 3.15. The number of carbonyl (C=O) groups is 1. The van der Waals surface area contributed by atoms with Crippen molar-refractivity contribution in [2.24, 2.45) is 0 Å². The molecule has 0 radical (unpaired) electrons. The van der Waals surface area contributed by atoms with Gasteiger partial charge in [0.25, 0.3) is 5.91 Å². The van der Waals surface area contributed by atoms with Crippen LogP contribution in [-0.2, 0) is 0 Å². The van der Waals surface area contributed by atoms with Crippen LogP contribution in [0.5, 0.6) is 5.75 Å². The van der Waals surface area contributed by atoms with Gasteiger partial charge < -0.3 is 14.2 Å². The summed E-state index contributed by atoms with van der Waals surface area (Å²) in [4.78, 5) is 17.2. The molecule has 1 aliphatic rings. The zero-order valence-electron chi connectivity index (χ0n) is 14.9. The summed E-state index contributed by atoms with van der Waals surface area (Å²) in [5.74, 6) is 0.519. The van der Waals surface area contributed by atoms with Gasteiger partial charge in [0.15, 0.2) is 0 Å². The average molecular weight is 362 g/mol. The van der Waals surface area contributed by atoms with E-state index in [1.165, 1.54) is 0 Å². The number of benzene rings is 1. The molecule has 0 saturated carbocycles. The topological polar surface area (TPSA) is 37.7 Å². The van der Waals surface area contributed by atoms with E-state index < -0.39 is 0 Å². The van der Waals surface area contributed by atoms with Crippen LogP contribution in [-0.4, -0.2) is 59.6 Å². The van der Waals surface area contributed by atoms with Crippen molar-refractivity contribution in [2.75, 3.05) is 33.3 Å². The van der Waals surface area contributed by atoms with E-state index in [1.807, 2.05) is 40.1 Å². The minimum atomic E-state index is -0.0267. The fourth-order valence-corrected chi connectivity index (χ4v) is 3.44. The maximum atomic E-state index is 13.0. The second-order valence-electron chi connectivity index (χ2n) is 6.52. The van der Waals surface area contributed by atoms with E-state index in [2.05, 4.69) is 18.7 Å². The fourth-order valence-electron chi connectivity index (χ4n) is 3.18. The van der Waals surface area contributed by atoms with Crippen molar-refractivity contribution in [3.8, 4) is 11.4 Å². The second-order valence-corrected chi connectivity index (χ2v) is 6.92. The molecule has 2 aromatic rings. The lowest BCUT2D eigenvalue weighted by molar-refractivity contribution is 0.0592. The molecule has 1 amide bonds. The van der Waals surface area contributed by atoms with Crippen LogP contribution in [0.3, 0.4) is 0 Å². The van der Waals surface area contributed by atoms with Gasteiger partial charge in [0.1, 0.15) is 5.75 Å². The van der Waals surface area contributed by atoms with Gasteiger partial charge >= 0.3 is 0 Å². The zero-order valence-corrected chi connectivity index (χ0v) is 15.7. The number of methoxy groups -OCH3 is 1. The Morgan fingerprint density at radius 3 is 2.32 bits per heavy atom. The van der Waals surface area contributed by atoms with Gasteiger partial charge in [-0.15, -0.1) is 0 Å². The molecule has 2 heterocycles. The Labute approximate surface area is 153 Å². The highest BCUT2D eigenvalue weighted by Gasteiger charge is 2.26.